The lowest BCUT2D eigenvalue weighted by atomic mass is 9.98. The van der Waals surface area contributed by atoms with Gasteiger partial charge in [0.2, 0.25) is 0 Å². The molecule has 0 bridgehead atoms. The first-order valence-electron chi connectivity index (χ1n) is 11.3. The number of rotatable bonds is 7. The Kier molecular flexibility index (Phi) is 8.82. The molecule has 0 spiro atoms. The molecular weight excluding hydrogens is 529 g/mol. The molecule has 8 heteroatoms. The van der Waals surface area contributed by atoms with Gasteiger partial charge in [0.1, 0.15) is 17.1 Å². The minimum absolute atomic E-state index is 0. The fourth-order valence-electron chi connectivity index (χ4n) is 4.32. The maximum absolute atomic E-state index is 5.46. The molecule has 178 valence electrons. The number of pyridine rings is 1. The summed E-state index contributed by atoms with van der Waals surface area (Å²) in [5.74, 6) is 3.07. The zero-order chi connectivity index (χ0) is 22.5. The van der Waals surface area contributed by atoms with Crippen molar-refractivity contribution in [2.45, 2.75) is 32.6 Å². The van der Waals surface area contributed by atoms with Crippen molar-refractivity contribution >= 4 is 35.6 Å². The van der Waals surface area contributed by atoms with Crippen molar-refractivity contribution < 1.29 is 9.47 Å². The van der Waals surface area contributed by atoms with Gasteiger partial charge in [-0.1, -0.05) is 6.07 Å². The molecule has 4 rings (SSSR count). The van der Waals surface area contributed by atoms with Crippen LogP contribution in [0.25, 0.3) is 5.65 Å². The number of aromatic nitrogens is 2. The van der Waals surface area contributed by atoms with Crippen LogP contribution in [-0.2, 0) is 6.42 Å². The number of hydrogen-bond acceptors (Lipinski definition) is 4. The number of nitrogens with zero attached hydrogens (tertiary/aromatic N) is 4. The molecule has 3 heterocycles. The lowest BCUT2D eigenvalue weighted by Crippen LogP contribution is -2.40. The zero-order valence-electron chi connectivity index (χ0n) is 19.9. The third kappa shape index (κ3) is 5.90. The molecule has 0 amide bonds. The minimum atomic E-state index is 0. The molecule has 7 nitrogen and oxygen atoms in total. The summed E-state index contributed by atoms with van der Waals surface area (Å²) in [7, 11) is 3.39. The SMILES string of the molecule is CCNC(=NCCc1cn2cccc(C)c2n1)N1CCC(c2cc(OC)cc(OC)c2)C1.I. The highest BCUT2D eigenvalue weighted by Crippen LogP contribution is 2.32. The van der Waals surface area contributed by atoms with Gasteiger partial charge < -0.3 is 24.1 Å². The molecule has 0 radical (unpaired) electrons. The summed E-state index contributed by atoms with van der Waals surface area (Å²) in [5.41, 5.74) is 4.53. The van der Waals surface area contributed by atoms with Gasteiger partial charge in [-0.15, -0.1) is 24.0 Å². The largest absolute Gasteiger partial charge is 0.497 e. The van der Waals surface area contributed by atoms with E-state index in [0.29, 0.717) is 12.5 Å². The summed E-state index contributed by atoms with van der Waals surface area (Å²) in [4.78, 5) is 12.0. The van der Waals surface area contributed by atoms with Crippen molar-refractivity contribution in [2.75, 3.05) is 40.4 Å². The number of benzene rings is 1. The molecule has 1 aliphatic rings. The number of nitrogens with one attached hydrogen (secondary N) is 1. The van der Waals surface area contributed by atoms with Crippen LogP contribution < -0.4 is 14.8 Å². The average molecular weight is 563 g/mol. The first-order valence-corrected chi connectivity index (χ1v) is 11.3. The second-order valence-corrected chi connectivity index (χ2v) is 8.22. The predicted molar refractivity (Wildman–Crippen MR) is 144 cm³/mol. The highest BCUT2D eigenvalue weighted by molar-refractivity contribution is 14.0. The van der Waals surface area contributed by atoms with Crippen LogP contribution in [0, 0.1) is 6.92 Å². The quantitative estimate of drug-likeness (QED) is 0.264. The van der Waals surface area contributed by atoms with Crippen LogP contribution in [0.1, 0.15) is 36.1 Å². The van der Waals surface area contributed by atoms with E-state index in [2.05, 4.69) is 58.9 Å². The van der Waals surface area contributed by atoms with E-state index in [1.54, 1.807) is 14.2 Å². The summed E-state index contributed by atoms with van der Waals surface area (Å²) < 4.78 is 13.0. The second kappa shape index (κ2) is 11.6. The molecule has 0 saturated carbocycles. The van der Waals surface area contributed by atoms with E-state index in [4.69, 9.17) is 19.5 Å². The van der Waals surface area contributed by atoms with E-state index < -0.39 is 0 Å². The normalized spacial score (nSPS) is 16.1. The summed E-state index contributed by atoms with van der Waals surface area (Å²) >= 11 is 0. The fraction of sp³-hybridized carbons (Fsp3) is 0.440. The molecule has 3 aromatic rings. The van der Waals surface area contributed by atoms with E-state index in [1.807, 2.05) is 12.3 Å². The number of guanidine groups is 1. The maximum atomic E-state index is 5.46. The standard InChI is InChI=1S/C25H33N5O2.HI/c1-5-26-25(27-10-8-21-17-29-11-6-7-18(2)24(29)28-21)30-12-9-19(16-30)20-13-22(31-3)15-23(14-20)32-4;/h6-7,11,13-15,17,19H,5,8-10,12,16H2,1-4H3,(H,26,27);1H. The molecule has 2 aromatic heterocycles. The molecule has 1 saturated heterocycles. The number of halogens is 1. The number of hydrogen-bond donors (Lipinski definition) is 1. The first kappa shape index (κ1) is 25.1. The highest BCUT2D eigenvalue weighted by atomic mass is 127. The van der Waals surface area contributed by atoms with Gasteiger partial charge in [-0.2, -0.15) is 0 Å². The Morgan fingerprint density at radius 2 is 1.97 bits per heavy atom. The molecule has 1 unspecified atom stereocenters. The Hall–Kier alpha value is -2.49. The van der Waals surface area contributed by atoms with Crippen LogP contribution in [-0.4, -0.2) is 60.6 Å². The predicted octanol–water partition coefficient (Wildman–Crippen LogP) is 4.28. The lowest BCUT2D eigenvalue weighted by Gasteiger charge is -2.22. The number of methoxy groups -OCH3 is 2. The highest BCUT2D eigenvalue weighted by Gasteiger charge is 2.27. The summed E-state index contributed by atoms with van der Waals surface area (Å²) in [6.45, 7) is 7.66. The molecule has 33 heavy (non-hydrogen) atoms. The Morgan fingerprint density at radius 1 is 1.21 bits per heavy atom. The van der Waals surface area contributed by atoms with Gasteiger partial charge in [0.15, 0.2) is 5.96 Å². The Bertz CT molecular complexity index is 1080. The van der Waals surface area contributed by atoms with E-state index >= 15 is 0 Å². The smallest absolute Gasteiger partial charge is 0.193 e. The van der Waals surface area contributed by atoms with Crippen molar-refractivity contribution in [3.8, 4) is 11.5 Å². The minimum Gasteiger partial charge on any atom is -0.497 e. The number of fused-ring (bicyclic) bond motifs is 1. The van der Waals surface area contributed by atoms with Crippen LogP contribution in [0.5, 0.6) is 11.5 Å². The van der Waals surface area contributed by atoms with E-state index in [9.17, 15) is 0 Å². The van der Waals surface area contributed by atoms with Gasteiger partial charge in [0.05, 0.1) is 19.9 Å². The molecule has 0 aliphatic carbocycles. The Labute approximate surface area is 213 Å². The lowest BCUT2D eigenvalue weighted by molar-refractivity contribution is 0.392. The molecule has 1 N–H and O–H groups in total. The Balaban J connectivity index is 0.00000306. The zero-order valence-corrected chi connectivity index (χ0v) is 22.2. The summed E-state index contributed by atoms with van der Waals surface area (Å²) in [6, 6.07) is 10.3. The van der Waals surface area contributed by atoms with Gasteiger partial charge in [-0.3, -0.25) is 4.99 Å². The Morgan fingerprint density at radius 3 is 2.64 bits per heavy atom. The van der Waals surface area contributed by atoms with Crippen LogP contribution in [0.15, 0.2) is 47.7 Å². The molecule has 1 fully saturated rings. The van der Waals surface area contributed by atoms with Crippen molar-refractivity contribution in [2.24, 2.45) is 4.99 Å². The van der Waals surface area contributed by atoms with E-state index in [0.717, 1.165) is 61.3 Å². The van der Waals surface area contributed by atoms with Crippen LogP contribution in [0.3, 0.4) is 0 Å². The number of aryl methyl sites for hydroxylation is 1. The summed E-state index contributed by atoms with van der Waals surface area (Å²) in [5, 5.41) is 3.46. The average Bonchev–Trinajstić information content (AvgIpc) is 3.46. The monoisotopic (exact) mass is 563 g/mol. The fourth-order valence-corrected chi connectivity index (χ4v) is 4.32. The number of ether oxygens (including phenoxy) is 2. The van der Waals surface area contributed by atoms with Gasteiger partial charge >= 0.3 is 0 Å². The van der Waals surface area contributed by atoms with Gasteiger partial charge in [-0.25, -0.2) is 4.98 Å². The maximum Gasteiger partial charge on any atom is 0.193 e. The number of imidazole rings is 1. The van der Waals surface area contributed by atoms with Gasteiger partial charge in [0.25, 0.3) is 0 Å². The topological polar surface area (TPSA) is 63.4 Å². The first-order chi connectivity index (χ1) is 15.6. The molecular formula is C25H34IN5O2. The van der Waals surface area contributed by atoms with Crippen molar-refractivity contribution in [3.63, 3.8) is 0 Å². The number of aliphatic imine (C=N–C) groups is 1. The second-order valence-electron chi connectivity index (χ2n) is 8.22. The van der Waals surface area contributed by atoms with Crippen molar-refractivity contribution in [1.29, 1.82) is 0 Å². The van der Waals surface area contributed by atoms with Crippen LogP contribution in [0.2, 0.25) is 0 Å². The van der Waals surface area contributed by atoms with Crippen molar-refractivity contribution in [3.05, 3.63) is 59.5 Å². The van der Waals surface area contributed by atoms with E-state index in [1.165, 1.54) is 11.1 Å². The van der Waals surface area contributed by atoms with Gasteiger partial charge in [-0.05, 0) is 49.6 Å². The van der Waals surface area contributed by atoms with Crippen molar-refractivity contribution in [1.82, 2.24) is 19.6 Å². The third-order valence-electron chi connectivity index (χ3n) is 6.03. The van der Waals surface area contributed by atoms with Crippen LogP contribution >= 0.6 is 24.0 Å². The summed E-state index contributed by atoms with van der Waals surface area (Å²) in [6.07, 6.45) is 6.05. The molecule has 1 atom stereocenters. The van der Waals surface area contributed by atoms with Gasteiger partial charge in [0, 0.05) is 57.0 Å². The molecule has 1 aliphatic heterocycles. The number of likely N-dealkylation sites (tertiary alicyclic amines) is 1. The van der Waals surface area contributed by atoms with E-state index in [-0.39, 0.29) is 24.0 Å². The third-order valence-corrected chi connectivity index (χ3v) is 6.03. The molecule has 1 aromatic carbocycles. The van der Waals surface area contributed by atoms with Crippen LogP contribution in [0.4, 0.5) is 0 Å².